The van der Waals surface area contributed by atoms with E-state index in [4.69, 9.17) is 9.47 Å². The van der Waals surface area contributed by atoms with Gasteiger partial charge in [-0.15, -0.1) is 0 Å². The fourth-order valence-electron chi connectivity index (χ4n) is 5.98. The van der Waals surface area contributed by atoms with E-state index in [0.717, 1.165) is 5.56 Å². The maximum Gasteiger partial charge on any atom is 0.177 e. The van der Waals surface area contributed by atoms with Gasteiger partial charge in [0.25, 0.3) is 0 Å². The molecule has 0 saturated heterocycles. The average Bonchev–Trinajstić information content (AvgIpc) is 3.25. The third-order valence-corrected chi connectivity index (χ3v) is 7.48. The van der Waals surface area contributed by atoms with Crippen LogP contribution in [-0.4, -0.2) is 40.5 Å². The van der Waals surface area contributed by atoms with Crippen molar-refractivity contribution < 1.29 is 19.7 Å². The normalized spacial score (nSPS) is 28.6. The first-order valence-corrected chi connectivity index (χ1v) is 12.1. The molecule has 3 aromatic rings. The number of fused-ring (bicyclic) bond motifs is 3. The predicted octanol–water partition coefficient (Wildman–Crippen LogP) is 3.60. The van der Waals surface area contributed by atoms with E-state index in [9.17, 15) is 15.5 Å². The van der Waals surface area contributed by atoms with Crippen LogP contribution < -0.4 is 14.8 Å². The monoisotopic (exact) mass is 485 g/mol. The summed E-state index contributed by atoms with van der Waals surface area (Å²) in [5.74, 6) is -0.152. The molecule has 7 nitrogen and oxygen atoms in total. The molecule has 186 valence electrons. The molecule has 1 unspecified atom stereocenters. The Morgan fingerprint density at radius 1 is 1.11 bits per heavy atom. The Kier molecular flexibility index (Phi) is 5.79. The Morgan fingerprint density at radius 2 is 1.81 bits per heavy atom. The summed E-state index contributed by atoms with van der Waals surface area (Å²) < 4.78 is 12.4. The van der Waals surface area contributed by atoms with Gasteiger partial charge in [0.1, 0.15) is 11.5 Å². The smallest absolute Gasteiger partial charge is 0.177 e. The van der Waals surface area contributed by atoms with Gasteiger partial charge in [-0.25, -0.2) is 0 Å². The zero-order valence-electron chi connectivity index (χ0n) is 20.9. The van der Waals surface area contributed by atoms with E-state index in [2.05, 4.69) is 37.1 Å². The van der Waals surface area contributed by atoms with Gasteiger partial charge in [-0.1, -0.05) is 42.5 Å². The fraction of sp³-hybridized carbons (Fsp3) is 0.379. The highest BCUT2D eigenvalue weighted by molar-refractivity contribution is 5.59. The number of benzene rings is 2. The number of pyridine rings is 1. The Morgan fingerprint density at radius 3 is 2.42 bits per heavy atom. The Hall–Kier alpha value is -3.44. The zero-order valence-corrected chi connectivity index (χ0v) is 20.9. The van der Waals surface area contributed by atoms with Crippen molar-refractivity contribution in [2.45, 2.75) is 49.5 Å². The molecule has 0 bridgehead atoms. The van der Waals surface area contributed by atoms with Crippen LogP contribution in [0.15, 0.2) is 67.0 Å². The first-order chi connectivity index (χ1) is 17.2. The summed E-state index contributed by atoms with van der Waals surface area (Å²) >= 11 is 0. The number of aliphatic hydroxyl groups is 2. The van der Waals surface area contributed by atoms with Crippen LogP contribution >= 0.6 is 0 Å². The van der Waals surface area contributed by atoms with Gasteiger partial charge in [0.2, 0.25) is 0 Å². The van der Waals surface area contributed by atoms with Crippen molar-refractivity contribution in [1.29, 1.82) is 5.26 Å². The van der Waals surface area contributed by atoms with Gasteiger partial charge >= 0.3 is 0 Å². The molecule has 1 fully saturated rings. The number of hydrogen-bond donors (Lipinski definition) is 3. The van der Waals surface area contributed by atoms with Gasteiger partial charge in [-0.3, -0.25) is 4.98 Å². The molecule has 2 aromatic carbocycles. The van der Waals surface area contributed by atoms with Crippen molar-refractivity contribution in [3.63, 3.8) is 0 Å². The SMILES string of the molecule is COc1cncc2c1[C@]1(O)[C@H](O)[C@H](CNC(C)(C)C)C(c3ccccc3)[C@]1(c1ccc(C#N)cc1)O2. The van der Waals surface area contributed by atoms with E-state index in [-0.39, 0.29) is 5.54 Å². The molecule has 0 radical (unpaired) electrons. The molecule has 1 saturated carbocycles. The molecule has 36 heavy (non-hydrogen) atoms. The second-order valence-corrected chi connectivity index (χ2v) is 10.6. The Balaban J connectivity index is 1.81. The van der Waals surface area contributed by atoms with Crippen molar-refractivity contribution in [1.82, 2.24) is 10.3 Å². The van der Waals surface area contributed by atoms with E-state index in [1.807, 2.05) is 30.3 Å². The van der Waals surface area contributed by atoms with Crippen LogP contribution in [0, 0.1) is 17.2 Å². The number of nitrogens with zero attached hydrogens (tertiary/aromatic N) is 2. The number of nitriles is 1. The Labute approximate surface area is 211 Å². The van der Waals surface area contributed by atoms with Gasteiger partial charge in [-0.2, -0.15) is 5.26 Å². The third-order valence-electron chi connectivity index (χ3n) is 7.48. The maximum absolute atomic E-state index is 12.8. The van der Waals surface area contributed by atoms with E-state index < -0.39 is 29.1 Å². The molecule has 5 rings (SSSR count). The molecule has 5 atom stereocenters. The summed E-state index contributed by atoms with van der Waals surface area (Å²) in [4.78, 5) is 4.25. The van der Waals surface area contributed by atoms with Gasteiger partial charge in [-0.05, 0) is 44.0 Å². The largest absolute Gasteiger partial charge is 0.495 e. The van der Waals surface area contributed by atoms with Crippen LogP contribution in [-0.2, 0) is 11.2 Å². The van der Waals surface area contributed by atoms with Crippen LogP contribution in [0.3, 0.4) is 0 Å². The van der Waals surface area contributed by atoms with Crippen LogP contribution in [0.5, 0.6) is 11.5 Å². The number of aromatic nitrogens is 1. The van der Waals surface area contributed by atoms with Crippen molar-refractivity contribution in [2.24, 2.45) is 5.92 Å². The van der Waals surface area contributed by atoms with Crippen molar-refractivity contribution in [3.05, 3.63) is 89.2 Å². The number of rotatable bonds is 5. The lowest BCUT2D eigenvalue weighted by Gasteiger charge is -2.41. The van der Waals surface area contributed by atoms with Gasteiger partial charge < -0.3 is 25.0 Å². The Bertz CT molecular complexity index is 1300. The molecule has 1 aromatic heterocycles. The van der Waals surface area contributed by atoms with E-state index in [1.165, 1.54) is 13.3 Å². The van der Waals surface area contributed by atoms with Gasteiger partial charge in [0.05, 0.1) is 42.8 Å². The third kappa shape index (κ3) is 3.40. The van der Waals surface area contributed by atoms with Crippen molar-refractivity contribution >= 4 is 0 Å². The minimum absolute atomic E-state index is 0.205. The summed E-state index contributed by atoms with van der Waals surface area (Å²) in [5, 5.41) is 37.7. The van der Waals surface area contributed by atoms with E-state index >= 15 is 0 Å². The molecular formula is C29H31N3O4. The molecular weight excluding hydrogens is 454 g/mol. The molecule has 7 heteroatoms. The van der Waals surface area contributed by atoms with Crippen LogP contribution in [0.25, 0.3) is 0 Å². The molecule has 0 amide bonds. The first kappa shape index (κ1) is 24.3. The number of ether oxygens (including phenoxy) is 2. The van der Waals surface area contributed by atoms with Crippen LogP contribution in [0.4, 0.5) is 0 Å². The minimum Gasteiger partial charge on any atom is -0.495 e. The molecule has 2 heterocycles. The standard InChI is InChI=1S/C29H31N3O4/c1-27(2,3)32-15-21-24(19-8-6-5-7-9-19)29(20-12-10-18(14-30)11-13-20)28(34,26(21)33)25-22(35-4)16-31-17-23(25)36-29/h5-13,16-17,21,24,26,32-34H,15H2,1-4H3/t21-,24?,26-,28+,29+/m1/s1. The average molecular weight is 486 g/mol. The molecule has 0 spiro atoms. The number of hydrogen-bond acceptors (Lipinski definition) is 7. The van der Waals surface area contributed by atoms with E-state index in [0.29, 0.717) is 34.7 Å². The van der Waals surface area contributed by atoms with E-state index in [1.54, 1.807) is 30.5 Å². The first-order valence-electron chi connectivity index (χ1n) is 12.1. The summed E-state index contributed by atoms with van der Waals surface area (Å²) in [7, 11) is 1.51. The van der Waals surface area contributed by atoms with Gasteiger partial charge in [0.15, 0.2) is 11.2 Å². The lowest BCUT2D eigenvalue weighted by molar-refractivity contribution is -0.152. The zero-order chi connectivity index (χ0) is 25.7. The minimum atomic E-state index is -1.85. The summed E-state index contributed by atoms with van der Waals surface area (Å²) in [6.07, 6.45) is 1.88. The lowest BCUT2D eigenvalue weighted by atomic mass is 9.70. The van der Waals surface area contributed by atoms with Crippen LogP contribution in [0.2, 0.25) is 0 Å². The highest BCUT2D eigenvalue weighted by atomic mass is 16.5. The van der Waals surface area contributed by atoms with Crippen LogP contribution in [0.1, 0.15) is 48.9 Å². The molecule has 1 aliphatic carbocycles. The highest BCUT2D eigenvalue weighted by Crippen LogP contribution is 2.69. The predicted molar refractivity (Wildman–Crippen MR) is 135 cm³/mol. The second-order valence-electron chi connectivity index (χ2n) is 10.6. The summed E-state index contributed by atoms with van der Waals surface area (Å²) in [6, 6.07) is 19.0. The quantitative estimate of drug-likeness (QED) is 0.507. The molecule has 1 aliphatic heterocycles. The molecule has 2 aliphatic rings. The summed E-state index contributed by atoms with van der Waals surface area (Å²) in [6.45, 7) is 6.64. The maximum atomic E-state index is 12.8. The topological polar surface area (TPSA) is 108 Å². The number of nitrogens with one attached hydrogen (secondary N) is 1. The van der Waals surface area contributed by atoms with Crippen molar-refractivity contribution in [3.8, 4) is 17.6 Å². The van der Waals surface area contributed by atoms with Crippen molar-refractivity contribution in [2.75, 3.05) is 13.7 Å². The number of methoxy groups -OCH3 is 1. The lowest BCUT2D eigenvalue weighted by Crippen LogP contribution is -2.52. The fourth-order valence-corrected chi connectivity index (χ4v) is 5.98. The second kappa shape index (κ2) is 8.59. The van der Waals surface area contributed by atoms with Gasteiger partial charge in [0, 0.05) is 23.9 Å². The molecule has 3 N–H and O–H groups in total. The highest BCUT2D eigenvalue weighted by Gasteiger charge is 2.76. The number of aliphatic hydroxyl groups excluding tert-OH is 1. The summed E-state index contributed by atoms with van der Waals surface area (Å²) in [5.41, 5.74) is -0.986.